The minimum absolute atomic E-state index is 0.00162. The lowest BCUT2D eigenvalue weighted by Crippen LogP contribution is -2.37. The van der Waals surface area contributed by atoms with Crippen LogP contribution in [0.5, 0.6) is 0 Å². The highest BCUT2D eigenvalue weighted by Crippen LogP contribution is 2.28. The highest BCUT2D eigenvalue weighted by molar-refractivity contribution is 5.22. The largest absolute Gasteiger partial charge is 0.310 e. The molecule has 2 fully saturated rings. The minimum atomic E-state index is -0.509. The Labute approximate surface area is 112 Å². The molecule has 0 amide bonds. The van der Waals surface area contributed by atoms with Gasteiger partial charge in [-0.3, -0.25) is 4.90 Å². The summed E-state index contributed by atoms with van der Waals surface area (Å²) in [5, 5.41) is 3.62. The number of fused-ring (bicyclic) bond motifs is 2. The molecule has 0 aliphatic carbocycles. The first kappa shape index (κ1) is 13.0. The zero-order chi connectivity index (χ0) is 13.4. The number of nitrogens with one attached hydrogen (secondary N) is 1. The van der Waals surface area contributed by atoms with Crippen molar-refractivity contribution in [1.82, 2.24) is 10.2 Å². The molecule has 1 aromatic carbocycles. The number of likely N-dealkylation sites (tertiary alicyclic amines) is 1. The van der Waals surface area contributed by atoms with Crippen LogP contribution in [-0.2, 0) is 0 Å². The molecule has 2 aliphatic heterocycles. The summed E-state index contributed by atoms with van der Waals surface area (Å²) in [6.45, 7) is 3.94. The Morgan fingerprint density at radius 2 is 2.00 bits per heavy atom. The van der Waals surface area contributed by atoms with Crippen molar-refractivity contribution in [2.24, 2.45) is 0 Å². The summed E-state index contributed by atoms with van der Waals surface area (Å²) in [4.78, 5) is 2.31. The van der Waals surface area contributed by atoms with Crippen LogP contribution in [0.15, 0.2) is 18.2 Å². The van der Waals surface area contributed by atoms with E-state index in [4.69, 9.17) is 0 Å². The van der Waals surface area contributed by atoms with Crippen LogP contribution in [0.2, 0.25) is 0 Å². The molecule has 3 rings (SSSR count). The quantitative estimate of drug-likeness (QED) is 0.885. The van der Waals surface area contributed by atoms with Gasteiger partial charge in [0.05, 0.1) is 0 Å². The van der Waals surface area contributed by atoms with Gasteiger partial charge in [-0.15, -0.1) is 0 Å². The molecule has 0 aromatic heterocycles. The molecule has 2 heterocycles. The summed E-state index contributed by atoms with van der Waals surface area (Å²) in [5.41, 5.74) is 0.596. The molecule has 3 atom stereocenters. The number of hydrogen-bond donors (Lipinski definition) is 1. The van der Waals surface area contributed by atoms with Gasteiger partial charge in [-0.2, -0.15) is 0 Å². The first-order chi connectivity index (χ1) is 9.13. The van der Waals surface area contributed by atoms with Gasteiger partial charge in [-0.25, -0.2) is 8.78 Å². The van der Waals surface area contributed by atoms with Crippen molar-refractivity contribution in [1.29, 1.82) is 0 Å². The summed E-state index contributed by atoms with van der Waals surface area (Å²) in [6, 6.07) is 5.05. The summed E-state index contributed by atoms with van der Waals surface area (Å²) in [5.74, 6) is -0.945. The normalized spacial score (nSPS) is 29.2. The molecule has 0 saturated carbocycles. The molecule has 2 aliphatic rings. The minimum Gasteiger partial charge on any atom is -0.310 e. The van der Waals surface area contributed by atoms with Gasteiger partial charge in [0.25, 0.3) is 0 Å². The van der Waals surface area contributed by atoms with Gasteiger partial charge in [-0.05, 0) is 32.3 Å². The molecule has 0 radical (unpaired) electrons. The van der Waals surface area contributed by atoms with Crippen molar-refractivity contribution in [3.63, 3.8) is 0 Å². The number of nitrogens with zero attached hydrogens (tertiary/aromatic N) is 1. The van der Waals surface area contributed by atoms with Gasteiger partial charge in [0.15, 0.2) is 0 Å². The first-order valence-corrected chi connectivity index (χ1v) is 7.08. The van der Waals surface area contributed by atoms with E-state index in [-0.39, 0.29) is 6.04 Å². The van der Waals surface area contributed by atoms with E-state index in [9.17, 15) is 8.78 Å². The fourth-order valence-electron chi connectivity index (χ4n) is 3.36. The van der Waals surface area contributed by atoms with Crippen LogP contribution >= 0.6 is 0 Å². The van der Waals surface area contributed by atoms with Crippen molar-refractivity contribution in [2.45, 2.75) is 44.3 Å². The number of rotatable bonds is 2. The summed E-state index contributed by atoms with van der Waals surface area (Å²) in [7, 11) is 0. The van der Waals surface area contributed by atoms with Crippen LogP contribution in [-0.4, -0.2) is 30.1 Å². The second kappa shape index (κ2) is 5.17. The average Bonchev–Trinajstić information content (AvgIpc) is 2.68. The number of benzene rings is 1. The summed E-state index contributed by atoms with van der Waals surface area (Å²) < 4.78 is 26.8. The molecule has 0 spiro atoms. The molecule has 2 nitrogen and oxygen atoms in total. The molecule has 1 aromatic rings. The van der Waals surface area contributed by atoms with Gasteiger partial charge in [0, 0.05) is 42.8 Å². The Hall–Kier alpha value is -1.00. The second-order valence-corrected chi connectivity index (χ2v) is 5.76. The Balaban J connectivity index is 1.77. The first-order valence-electron chi connectivity index (χ1n) is 7.08. The highest BCUT2D eigenvalue weighted by atomic mass is 19.1. The third-order valence-electron chi connectivity index (χ3n) is 4.51. The molecule has 3 unspecified atom stereocenters. The van der Waals surface area contributed by atoms with Crippen LogP contribution in [0.4, 0.5) is 8.78 Å². The van der Waals surface area contributed by atoms with Gasteiger partial charge in [0.1, 0.15) is 11.6 Å². The van der Waals surface area contributed by atoms with Crippen LogP contribution in [0.1, 0.15) is 37.8 Å². The number of hydrogen-bond acceptors (Lipinski definition) is 2. The van der Waals surface area contributed by atoms with Crippen LogP contribution in [0.25, 0.3) is 0 Å². The van der Waals surface area contributed by atoms with Crippen molar-refractivity contribution >= 4 is 0 Å². The Kier molecular flexibility index (Phi) is 3.54. The van der Waals surface area contributed by atoms with E-state index in [1.54, 1.807) is 6.07 Å². The third-order valence-corrected chi connectivity index (χ3v) is 4.51. The molecular weight excluding hydrogens is 246 g/mol. The Morgan fingerprint density at radius 3 is 2.79 bits per heavy atom. The van der Waals surface area contributed by atoms with E-state index in [0.717, 1.165) is 25.6 Å². The molecule has 1 N–H and O–H groups in total. The SMILES string of the molecule is CC(c1ccc(F)cc1F)N1CCC2CCC(C1)N2. The predicted octanol–water partition coefficient (Wildman–Crippen LogP) is 2.85. The van der Waals surface area contributed by atoms with Crippen LogP contribution < -0.4 is 5.32 Å². The van der Waals surface area contributed by atoms with Crippen molar-refractivity contribution < 1.29 is 8.78 Å². The van der Waals surface area contributed by atoms with E-state index in [2.05, 4.69) is 10.2 Å². The summed E-state index contributed by atoms with van der Waals surface area (Å²) >= 11 is 0. The standard InChI is InChI=1S/C15H20F2N2/c1-10(14-5-2-11(16)8-15(14)17)19-7-6-12-3-4-13(9-19)18-12/h2,5,8,10,12-13,18H,3-4,6-7,9H2,1H3. The Bertz CT molecular complexity index is 463. The van der Waals surface area contributed by atoms with E-state index < -0.39 is 11.6 Å². The van der Waals surface area contributed by atoms with Crippen LogP contribution in [0.3, 0.4) is 0 Å². The molecule has 19 heavy (non-hydrogen) atoms. The monoisotopic (exact) mass is 266 g/mol. The maximum Gasteiger partial charge on any atom is 0.130 e. The zero-order valence-corrected chi connectivity index (χ0v) is 11.2. The second-order valence-electron chi connectivity index (χ2n) is 5.76. The lowest BCUT2D eigenvalue weighted by Gasteiger charge is -2.30. The van der Waals surface area contributed by atoms with Crippen molar-refractivity contribution in [2.75, 3.05) is 13.1 Å². The van der Waals surface area contributed by atoms with Gasteiger partial charge in [0.2, 0.25) is 0 Å². The van der Waals surface area contributed by atoms with Crippen LogP contribution in [0, 0.1) is 11.6 Å². The topological polar surface area (TPSA) is 15.3 Å². The summed E-state index contributed by atoms with van der Waals surface area (Å²) in [6.07, 6.45) is 3.58. The maximum atomic E-state index is 13.9. The fraction of sp³-hybridized carbons (Fsp3) is 0.600. The van der Waals surface area contributed by atoms with Crippen molar-refractivity contribution in [3.8, 4) is 0 Å². The molecule has 4 heteroatoms. The molecular formula is C15H20F2N2. The molecule has 104 valence electrons. The van der Waals surface area contributed by atoms with Crippen molar-refractivity contribution in [3.05, 3.63) is 35.4 Å². The zero-order valence-electron chi connectivity index (χ0n) is 11.2. The smallest absolute Gasteiger partial charge is 0.130 e. The van der Waals surface area contributed by atoms with E-state index in [1.807, 2.05) is 6.92 Å². The highest BCUT2D eigenvalue weighted by Gasteiger charge is 2.31. The lowest BCUT2D eigenvalue weighted by atomic mass is 10.0. The molecule has 2 bridgehead atoms. The number of halogens is 2. The van der Waals surface area contributed by atoms with Gasteiger partial charge >= 0.3 is 0 Å². The Morgan fingerprint density at radius 1 is 1.21 bits per heavy atom. The molecule has 2 saturated heterocycles. The van der Waals surface area contributed by atoms with E-state index >= 15 is 0 Å². The van der Waals surface area contributed by atoms with Gasteiger partial charge < -0.3 is 5.32 Å². The fourth-order valence-corrected chi connectivity index (χ4v) is 3.36. The van der Waals surface area contributed by atoms with E-state index in [0.29, 0.717) is 17.6 Å². The predicted molar refractivity (Wildman–Crippen MR) is 70.9 cm³/mol. The average molecular weight is 266 g/mol. The lowest BCUT2D eigenvalue weighted by molar-refractivity contribution is 0.196. The van der Waals surface area contributed by atoms with E-state index in [1.165, 1.54) is 18.9 Å². The third kappa shape index (κ3) is 2.65. The van der Waals surface area contributed by atoms with Gasteiger partial charge in [-0.1, -0.05) is 6.07 Å². The maximum absolute atomic E-state index is 13.9.